The molecule has 1 aliphatic heterocycles. The van der Waals surface area contributed by atoms with Gasteiger partial charge in [0.05, 0.1) is 24.5 Å². The number of hydrogen-bond acceptors (Lipinski definition) is 4. The minimum Gasteiger partial charge on any atom is -0.466 e. The van der Waals surface area contributed by atoms with E-state index in [-0.39, 0.29) is 29.2 Å². The smallest absolute Gasteiger partial charge is 0.312 e. The number of ether oxygens (including phenoxy) is 2. The van der Waals surface area contributed by atoms with Crippen molar-refractivity contribution in [2.24, 2.45) is 28.6 Å². The molecule has 0 N–H and O–H groups in total. The lowest BCUT2D eigenvalue weighted by Gasteiger charge is -2.56. The molecule has 0 amide bonds. The van der Waals surface area contributed by atoms with Crippen LogP contribution in [0.4, 0.5) is 0 Å². The van der Waals surface area contributed by atoms with E-state index < -0.39 is 5.41 Å². The zero-order valence-electron chi connectivity index (χ0n) is 13.3. The van der Waals surface area contributed by atoms with Gasteiger partial charge in [-0.1, -0.05) is 20.3 Å². The third-order valence-corrected chi connectivity index (χ3v) is 6.25. The van der Waals surface area contributed by atoms with Gasteiger partial charge >= 0.3 is 11.9 Å². The summed E-state index contributed by atoms with van der Waals surface area (Å²) in [4.78, 5) is 24.9. The summed E-state index contributed by atoms with van der Waals surface area (Å²) in [6.07, 6.45) is 4.81. The molecule has 0 unspecified atom stereocenters. The number of cyclic esters (lactones) is 1. The van der Waals surface area contributed by atoms with E-state index in [1.165, 1.54) is 0 Å². The van der Waals surface area contributed by atoms with Gasteiger partial charge in [0, 0.05) is 5.92 Å². The van der Waals surface area contributed by atoms with E-state index in [0.717, 1.165) is 32.1 Å². The molecule has 2 aliphatic carbocycles. The SMILES string of the molecule is CCOC(=O)[C@]12CCCC(C)(C)[C@@H]1CC[C@@H]1C(=O)OC[C@@H]12. The first kappa shape index (κ1) is 14.9. The van der Waals surface area contributed by atoms with Crippen LogP contribution in [0.15, 0.2) is 0 Å². The summed E-state index contributed by atoms with van der Waals surface area (Å²) in [6.45, 7) is 7.19. The van der Waals surface area contributed by atoms with Crippen molar-refractivity contribution in [3.05, 3.63) is 0 Å². The quantitative estimate of drug-likeness (QED) is 0.735. The van der Waals surface area contributed by atoms with Gasteiger partial charge in [-0.25, -0.2) is 0 Å². The molecule has 21 heavy (non-hydrogen) atoms. The molecule has 118 valence electrons. The molecule has 0 spiro atoms. The molecule has 3 fully saturated rings. The molecule has 1 heterocycles. The molecule has 1 saturated heterocycles. The highest BCUT2D eigenvalue weighted by Gasteiger charge is 2.65. The first-order valence-corrected chi connectivity index (χ1v) is 8.27. The Kier molecular flexibility index (Phi) is 3.53. The molecule has 0 bridgehead atoms. The van der Waals surface area contributed by atoms with Crippen molar-refractivity contribution in [2.75, 3.05) is 13.2 Å². The molecule has 0 aromatic rings. The third-order valence-electron chi connectivity index (χ3n) is 6.25. The maximum absolute atomic E-state index is 12.9. The monoisotopic (exact) mass is 294 g/mol. The summed E-state index contributed by atoms with van der Waals surface area (Å²) in [7, 11) is 0. The molecular weight excluding hydrogens is 268 g/mol. The second-order valence-electron chi connectivity index (χ2n) is 7.58. The predicted octanol–water partition coefficient (Wildman–Crippen LogP) is 2.95. The van der Waals surface area contributed by atoms with Crippen LogP contribution in [0.25, 0.3) is 0 Å². The van der Waals surface area contributed by atoms with Gasteiger partial charge in [0.1, 0.15) is 0 Å². The second-order valence-corrected chi connectivity index (χ2v) is 7.58. The Morgan fingerprint density at radius 3 is 2.81 bits per heavy atom. The van der Waals surface area contributed by atoms with Crippen molar-refractivity contribution in [1.82, 2.24) is 0 Å². The molecule has 3 rings (SSSR count). The van der Waals surface area contributed by atoms with Gasteiger partial charge in [-0.05, 0) is 43.9 Å². The molecule has 0 radical (unpaired) electrons. The number of carbonyl (C=O) groups excluding carboxylic acids is 2. The van der Waals surface area contributed by atoms with Crippen molar-refractivity contribution in [2.45, 2.75) is 52.9 Å². The van der Waals surface area contributed by atoms with E-state index in [2.05, 4.69) is 13.8 Å². The normalized spacial score (nSPS) is 40.9. The standard InChI is InChI=1S/C17H26O4/c1-4-20-15(19)17-9-5-8-16(2,3)13(17)7-6-11-12(17)10-21-14(11)18/h11-13H,4-10H2,1-3H3/t11-,12-,13-,17-/m0/s1. The summed E-state index contributed by atoms with van der Waals surface area (Å²) in [6, 6.07) is 0. The van der Waals surface area contributed by atoms with Gasteiger partial charge in [-0.2, -0.15) is 0 Å². The fraction of sp³-hybridized carbons (Fsp3) is 0.882. The Bertz CT molecular complexity index is 456. The predicted molar refractivity (Wildman–Crippen MR) is 77.4 cm³/mol. The van der Waals surface area contributed by atoms with Gasteiger partial charge in [-0.15, -0.1) is 0 Å². The number of esters is 2. The molecule has 2 saturated carbocycles. The maximum atomic E-state index is 12.9. The van der Waals surface area contributed by atoms with Crippen molar-refractivity contribution in [3.8, 4) is 0 Å². The molecule has 3 aliphatic rings. The van der Waals surface area contributed by atoms with Gasteiger partial charge in [0.25, 0.3) is 0 Å². The lowest BCUT2D eigenvalue weighted by molar-refractivity contribution is -0.183. The number of hydrogen-bond donors (Lipinski definition) is 0. The summed E-state index contributed by atoms with van der Waals surface area (Å²) in [5.74, 6) is 0.0248. The molecule has 0 aromatic heterocycles. The molecule has 4 nitrogen and oxygen atoms in total. The van der Waals surface area contributed by atoms with Crippen molar-refractivity contribution in [1.29, 1.82) is 0 Å². The Balaban J connectivity index is 2.04. The highest BCUT2D eigenvalue weighted by atomic mass is 16.5. The van der Waals surface area contributed by atoms with E-state index in [1.807, 2.05) is 6.92 Å². The van der Waals surface area contributed by atoms with E-state index in [4.69, 9.17) is 9.47 Å². The maximum Gasteiger partial charge on any atom is 0.312 e. The van der Waals surface area contributed by atoms with Crippen LogP contribution >= 0.6 is 0 Å². The molecule has 0 aromatic carbocycles. The molecule has 4 atom stereocenters. The van der Waals surface area contributed by atoms with Gasteiger partial charge in [0.15, 0.2) is 0 Å². The van der Waals surface area contributed by atoms with E-state index >= 15 is 0 Å². The van der Waals surface area contributed by atoms with Crippen LogP contribution in [0, 0.1) is 28.6 Å². The highest BCUT2D eigenvalue weighted by Crippen LogP contribution is 2.63. The van der Waals surface area contributed by atoms with Crippen LogP contribution in [0.2, 0.25) is 0 Å². The fourth-order valence-corrected chi connectivity index (χ4v) is 5.37. The topological polar surface area (TPSA) is 52.6 Å². The lowest BCUT2D eigenvalue weighted by Crippen LogP contribution is -2.57. The van der Waals surface area contributed by atoms with Crippen molar-refractivity contribution in [3.63, 3.8) is 0 Å². The minimum absolute atomic E-state index is 0.0161. The summed E-state index contributed by atoms with van der Waals surface area (Å²) >= 11 is 0. The average molecular weight is 294 g/mol. The van der Waals surface area contributed by atoms with Gasteiger partial charge in [0.2, 0.25) is 0 Å². The van der Waals surface area contributed by atoms with Crippen LogP contribution in [0.3, 0.4) is 0 Å². The Morgan fingerprint density at radius 2 is 2.10 bits per heavy atom. The average Bonchev–Trinajstić information content (AvgIpc) is 2.81. The Hall–Kier alpha value is -1.06. The zero-order chi connectivity index (χ0) is 15.3. The lowest BCUT2D eigenvalue weighted by atomic mass is 9.46. The first-order chi connectivity index (χ1) is 9.93. The summed E-state index contributed by atoms with van der Waals surface area (Å²) < 4.78 is 10.8. The van der Waals surface area contributed by atoms with Gasteiger partial charge < -0.3 is 9.47 Å². The Labute approximate surface area is 126 Å². The highest BCUT2D eigenvalue weighted by molar-refractivity contribution is 5.82. The van der Waals surface area contributed by atoms with E-state index in [9.17, 15) is 9.59 Å². The van der Waals surface area contributed by atoms with Crippen molar-refractivity contribution < 1.29 is 19.1 Å². The fourth-order valence-electron chi connectivity index (χ4n) is 5.37. The number of carbonyl (C=O) groups is 2. The number of fused-ring (bicyclic) bond motifs is 3. The Morgan fingerprint density at radius 1 is 1.33 bits per heavy atom. The van der Waals surface area contributed by atoms with E-state index in [1.54, 1.807) is 0 Å². The number of rotatable bonds is 2. The van der Waals surface area contributed by atoms with Crippen LogP contribution in [0.5, 0.6) is 0 Å². The van der Waals surface area contributed by atoms with Crippen LogP contribution in [0.1, 0.15) is 52.9 Å². The first-order valence-electron chi connectivity index (χ1n) is 8.27. The second kappa shape index (κ2) is 4.99. The minimum atomic E-state index is -0.507. The molecular formula is C17H26O4. The molecule has 4 heteroatoms. The zero-order valence-corrected chi connectivity index (χ0v) is 13.3. The third kappa shape index (κ3) is 2.01. The summed E-state index contributed by atoms with van der Waals surface area (Å²) in [5.41, 5.74) is -0.381. The summed E-state index contributed by atoms with van der Waals surface area (Å²) in [5, 5.41) is 0. The van der Waals surface area contributed by atoms with Crippen molar-refractivity contribution >= 4 is 11.9 Å². The van der Waals surface area contributed by atoms with E-state index in [0.29, 0.717) is 19.1 Å². The van der Waals surface area contributed by atoms with Gasteiger partial charge in [-0.3, -0.25) is 9.59 Å². The van der Waals surface area contributed by atoms with Crippen LogP contribution < -0.4 is 0 Å². The van der Waals surface area contributed by atoms with Crippen LogP contribution in [-0.2, 0) is 19.1 Å². The largest absolute Gasteiger partial charge is 0.466 e. The van der Waals surface area contributed by atoms with Crippen LogP contribution in [-0.4, -0.2) is 25.2 Å².